The number of carboxylic acid groups (broad SMARTS) is 1. The lowest BCUT2D eigenvalue weighted by molar-refractivity contribution is -0.144. The molecule has 1 N–H and O–H groups in total. The van der Waals surface area contributed by atoms with Gasteiger partial charge in [0.2, 0.25) is 0 Å². The number of rotatable bonds is 16. The van der Waals surface area contributed by atoms with Crippen LogP contribution >= 0.6 is 15.9 Å². The molecule has 4 rings (SSSR count). The molecule has 0 aromatic heterocycles. The average molecular weight is 634 g/mol. The molecule has 0 spiro atoms. The molecule has 0 saturated heterocycles. The van der Waals surface area contributed by atoms with E-state index in [0.717, 1.165) is 66.5 Å². The highest BCUT2D eigenvalue weighted by Gasteiger charge is 2.59. The standard InChI is InChI=1S/C38H65BrO2/c1-27(2)14-13-15-28(3)33-19-20-34-32-18-17-30-26-29(21-23-37(30,4)35(32)22-24-38(33,34)5)31(36(40)41)16-11-9-7-6-8-10-12-25-39/h17,27-29,31-35H,6-16,18-26H2,1-5H3,(H,40,41)/t28-,29+,31?,32+,33-,34+,35+,37+,38-/m1/s1. The topological polar surface area (TPSA) is 37.3 Å². The third kappa shape index (κ3) is 7.68. The normalized spacial score (nSPS) is 36.3. The van der Waals surface area contributed by atoms with Crippen LogP contribution in [0, 0.1) is 58.2 Å². The highest BCUT2D eigenvalue weighted by molar-refractivity contribution is 9.09. The maximum Gasteiger partial charge on any atom is 0.306 e. The fourth-order valence-corrected chi connectivity index (χ4v) is 11.4. The highest BCUT2D eigenvalue weighted by atomic mass is 79.9. The second-order valence-electron chi connectivity index (χ2n) is 16.2. The van der Waals surface area contributed by atoms with Gasteiger partial charge in [-0.2, -0.15) is 0 Å². The summed E-state index contributed by atoms with van der Waals surface area (Å²) in [6, 6.07) is 0. The van der Waals surface area contributed by atoms with Gasteiger partial charge in [-0.3, -0.25) is 4.79 Å². The van der Waals surface area contributed by atoms with Crippen LogP contribution in [0.4, 0.5) is 0 Å². The molecule has 4 aliphatic carbocycles. The summed E-state index contributed by atoms with van der Waals surface area (Å²) < 4.78 is 0. The summed E-state index contributed by atoms with van der Waals surface area (Å²) in [6.45, 7) is 12.6. The van der Waals surface area contributed by atoms with Crippen molar-refractivity contribution >= 4 is 21.9 Å². The predicted octanol–water partition coefficient (Wildman–Crippen LogP) is 11.9. The van der Waals surface area contributed by atoms with E-state index >= 15 is 0 Å². The lowest BCUT2D eigenvalue weighted by Gasteiger charge is -2.59. The average Bonchev–Trinajstić information content (AvgIpc) is 3.29. The number of aliphatic carboxylic acids is 1. The van der Waals surface area contributed by atoms with Crippen molar-refractivity contribution in [1.29, 1.82) is 0 Å². The zero-order chi connectivity index (χ0) is 29.6. The lowest BCUT2D eigenvalue weighted by atomic mass is 9.46. The Hall–Kier alpha value is -0.310. The molecule has 0 bridgehead atoms. The van der Waals surface area contributed by atoms with Crippen molar-refractivity contribution in [3.05, 3.63) is 11.6 Å². The molecule has 4 aliphatic rings. The van der Waals surface area contributed by atoms with Crippen molar-refractivity contribution in [1.82, 2.24) is 0 Å². The molecule has 3 fully saturated rings. The predicted molar refractivity (Wildman–Crippen MR) is 178 cm³/mol. The molecule has 3 heteroatoms. The Balaban J connectivity index is 1.34. The van der Waals surface area contributed by atoms with E-state index in [-0.39, 0.29) is 5.92 Å². The fourth-order valence-electron chi connectivity index (χ4n) is 11.0. The van der Waals surface area contributed by atoms with Crippen LogP contribution in [0.15, 0.2) is 11.6 Å². The van der Waals surface area contributed by atoms with Crippen molar-refractivity contribution < 1.29 is 9.90 Å². The fraction of sp³-hybridized carbons (Fsp3) is 0.921. The van der Waals surface area contributed by atoms with E-state index < -0.39 is 5.97 Å². The molecule has 0 amide bonds. The van der Waals surface area contributed by atoms with Gasteiger partial charge in [0.25, 0.3) is 0 Å². The first-order chi connectivity index (χ1) is 19.6. The van der Waals surface area contributed by atoms with Crippen LogP contribution in [0.25, 0.3) is 0 Å². The van der Waals surface area contributed by atoms with Crippen LogP contribution in [-0.4, -0.2) is 16.4 Å². The third-order valence-corrected chi connectivity index (χ3v) is 13.9. The molecule has 0 aromatic rings. The number of allylic oxidation sites excluding steroid dienone is 2. The summed E-state index contributed by atoms with van der Waals surface area (Å²) in [5, 5.41) is 11.3. The maximum absolute atomic E-state index is 12.4. The Bertz CT molecular complexity index is 864. The van der Waals surface area contributed by atoms with Gasteiger partial charge in [-0.15, -0.1) is 0 Å². The van der Waals surface area contributed by atoms with Crippen LogP contribution in [-0.2, 0) is 4.79 Å². The van der Waals surface area contributed by atoms with Gasteiger partial charge in [-0.1, -0.05) is 120 Å². The number of carbonyl (C=O) groups is 1. The van der Waals surface area contributed by atoms with E-state index in [9.17, 15) is 9.90 Å². The van der Waals surface area contributed by atoms with Gasteiger partial charge in [0, 0.05) is 5.33 Å². The third-order valence-electron chi connectivity index (χ3n) is 13.4. The molecule has 0 aliphatic heterocycles. The van der Waals surface area contributed by atoms with Crippen molar-refractivity contribution in [2.45, 2.75) is 157 Å². The van der Waals surface area contributed by atoms with E-state index in [4.69, 9.17) is 0 Å². The Labute approximate surface area is 262 Å². The number of hydrogen-bond acceptors (Lipinski definition) is 1. The van der Waals surface area contributed by atoms with E-state index in [0.29, 0.717) is 16.7 Å². The van der Waals surface area contributed by atoms with Crippen molar-refractivity contribution in [2.24, 2.45) is 58.2 Å². The number of hydrogen-bond donors (Lipinski definition) is 1. The minimum atomic E-state index is -0.529. The largest absolute Gasteiger partial charge is 0.481 e. The Morgan fingerprint density at radius 3 is 2.27 bits per heavy atom. The molecule has 0 radical (unpaired) electrons. The summed E-state index contributed by atoms with van der Waals surface area (Å²) in [4.78, 5) is 12.4. The molecule has 1 unspecified atom stereocenters. The van der Waals surface area contributed by atoms with Gasteiger partial charge in [0.15, 0.2) is 0 Å². The van der Waals surface area contributed by atoms with Crippen molar-refractivity contribution in [2.75, 3.05) is 5.33 Å². The van der Waals surface area contributed by atoms with Crippen molar-refractivity contribution in [3.8, 4) is 0 Å². The van der Waals surface area contributed by atoms with Gasteiger partial charge in [0.05, 0.1) is 5.92 Å². The first-order valence-corrected chi connectivity index (χ1v) is 19.2. The first kappa shape index (κ1) is 33.6. The van der Waals surface area contributed by atoms with Crippen LogP contribution in [0.3, 0.4) is 0 Å². The number of halogens is 1. The molecule has 0 heterocycles. The number of carboxylic acids is 1. The zero-order valence-corrected chi connectivity index (χ0v) is 29.2. The van der Waals surface area contributed by atoms with Crippen LogP contribution in [0.1, 0.15) is 157 Å². The van der Waals surface area contributed by atoms with Gasteiger partial charge >= 0.3 is 5.97 Å². The van der Waals surface area contributed by atoms with Crippen LogP contribution < -0.4 is 0 Å². The summed E-state index contributed by atoms with van der Waals surface area (Å²) in [5.74, 6) is 4.87. The van der Waals surface area contributed by atoms with Crippen LogP contribution in [0.5, 0.6) is 0 Å². The molecule has 9 atom stereocenters. The minimum Gasteiger partial charge on any atom is -0.481 e. The molecule has 236 valence electrons. The lowest BCUT2D eigenvalue weighted by Crippen LogP contribution is -2.51. The Morgan fingerprint density at radius 2 is 1.59 bits per heavy atom. The zero-order valence-electron chi connectivity index (χ0n) is 27.6. The van der Waals surface area contributed by atoms with E-state index in [1.54, 1.807) is 5.57 Å². The number of unbranched alkanes of at least 4 members (excludes halogenated alkanes) is 6. The first-order valence-electron chi connectivity index (χ1n) is 18.1. The van der Waals surface area contributed by atoms with E-state index in [1.165, 1.54) is 96.3 Å². The molecule has 2 nitrogen and oxygen atoms in total. The summed E-state index contributed by atoms with van der Waals surface area (Å²) in [7, 11) is 0. The monoisotopic (exact) mass is 632 g/mol. The molecule has 3 saturated carbocycles. The smallest absolute Gasteiger partial charge is 0.306 e. The van der Waals surface area contributed by atoms with E-state index in [1.807, 2.05) is 0 Å². The summed E-state index contributed by atoms with van der Waals surface area (Å²) in [6.07, 6.45) is 26.9. The van der Waals surface area contributed by atoms with Gasteiger partial charge in [0.1, 0.15) is 0 Å². The second-order valence-corrected chi connectivity index (χ2v) is 17.0. The molecular formula is C38H65BrO2. The minimum absolute atomic E-state index is 0.144. The van der Waals surface area contributed by atoms with Gasteiger partial charge in [-0.05, 0) is 116 Å². The van der Waals surface area contributed by atoms with Gasteiger partial charge in [-0.25, -0.2) is 0 Å². The molecule has 0 aromatic carbocycles. The van der Waals surface area contributed by atoms with Crippen LogP contribution in [0.2, 0.25) is 0 Å². The highest BCUT2D eigenvalue weighted by Crippen LogP contribution is 2.67. The summed E-state index contributed by atoms with van der Waals surface area (Å²) in [5.41, 5.74) is 2.52. The van der Waals surface area contributed by atoms with Gasteiger partial charge < -0.3 is 5.11 Å². The Kier molecular flexibility index (Phi) is 12.4. The molecular weight excluding hydrogens is 568 g/mol. The molecule has 41 heavy (non-hydrogen) atoms. The second kappa shape index (κ2) is 15.1. The SMILES string of the molecule is CC(C)CCC[C@@H](C)[C@H]1CC[C@H]2[C@@H]3CC=C4C[C@@H](C(CCCCCCCCCBr)C(=O)O)CC[C@]4(C)[C@H]3CC[C@]12C. The Morgan fingerprint density at radius 1 is 0.878 bits per heavy atom. The maximum atomic E-state index is 12.4. The summed E-state index contributed by atoms with van der Waals surface area (Å²) >= 11 is 3.52. The van der Waals surface area contributed by atoms with E-state index in [2.05, 4.69) is 56.6 Å². The number of alkyl halides is 1. The quantitative estimate of drug-likeness (QED) is 0.104. The number of fused-ring (bicyclic) bond motifs is 5. The van der Waals surface area contributed by atoms with Crippen molar-refractivity contribution in [3.63, 3.8) is 0 Å².